The number of primary amides is 1. The van der Waals surface area contributed by atoms with E-state index < -0.39 is 0 Å². The average Bonchev–Trinajstić information content (AvgIpc) is 3.58. The minimum absolute atomic E-state index is 0.277. The summed E-state index contributed by atoms with van der Waals surface area (Å²) in [5.41, 5.74) is 5.78. The zero-order chi connectivity index (χ0) is 22.7. The van der Waals surface area contributed by atoms with Crippen LogP contribution in [-0.4, -0.2) is 68.9 Å². The first-order valence-electron chi connectivity index (χ1n) is 11.0. The first-order valence-corrected chi connectivity index (χ1v) is 11.4. The van der Waals surface area contributed by atoms with Crippen LogP contribution in [0.1, 0.15) is 48.4 Å². The molecule has 2 aliphatic rings. The Labute approximate surface area is 191 Å². The van der Waals surface area contributed by atoms with Gasteiger partial charge in [0.25, 0.3) is 0 Å². The molecule has 0 radical (unpaired) electrons. The molecular formula is C21H29N7O3S. The van der Waals surface area contributed by atoms with E-state index in [0.717, 1.165) is 50.7 Å². The molecule has 11 heteroatoms. The van der Waals surface area contributed by atoms with E-state index >= 15 is 0 Å². The van der Waals surface area contributed by atoms with E-state index in [4.69, 9.17) is 27.8 Å². The third-order valence-corrected chi connectivity index (χ3v) is 6.14. The fourth-order valence-electron chi connectivity index (χ4n) is 3.88. The van der Waals surface area contributed by atoms with Gasteiger partial charge in [0.05, 0.1) is 18.8 Å². The van der Waals surface area contributed by atoms with E-state index in [9.17, 15) is 9.59 Å². The minimum Gasteiger partial charge on any atom is -0.462 e. The largest absolute Gasteiger partial charge is 0.462 e. The second kappa shape index (κ2) is 9.78. The highest BCUT2D eigenvalue weighted by Crippen LogP contribution is 2.36. The number of rotatable bonds is 9. The van der Waals surface area contributed by atoms with Crippen LogP contribution in [0.25, 0.3) is 0 Å². The van der Waals surface area contributed by atoms with Gasteiger partial charge in [-0.15, -0.1) is 0 Å². The molecule has 1 saturated carbocycles. The van der Waals surface area contributed by atoms with Gasteiger partial charge in [0.2, 0.25) is 5.91 Å². The summed E-state index contributed by atoms with van der Waals surface area (Å²) in [6.07, 6.45) is 4.56. The third-order valence-electron chi connectivity index (χ3n) is 5.74. The Kier molecular flexibility index (Phi) is 6.85. The van der Waals surface area contributed by atoms with E-state index in [1.54, 1.807) is 19.2 Å². The van der Waals surface area contributed by atoms with Crippen molar-refractivity contribution in [3.8, 4) is 0 Å². The lowest BCUT2D eigenvalue weighted by atomic mass is 10.2. The first-order chi connectivity index (χ1) is 15.5. The van der Waals surface area contributed by atoms with Crippen LogP contribution in [-0.2, 0) is 22.6 Å². The van der Waals surface area contributed by atoms with Crippen molar-refractivity contribution < 1.29 is 14.3 Å². The molecule has 0 atom stereocenters. The molecule has 2 aromatic rings. The summed E-state index contributed by atoms with van der Waals surface area (Å²) in [5.74, 6) is 1.02. The lowest BCUT2D eigenvalue weighted by Gasteiger charge is -2.35. The van der Waals surface area contributed by atoms with Gasteiger partial charge in [-0.25, -0.2) is 14.5 Å². The normalized spacial score (nSPS) is 16.8. The first kappa shape index (κ1) is 22.4. The molecule has 0 aromatic carbocycles. The number of aryl methyl sites for hydroxylation is 1. The van der Waals surface area contributed by atoms with Gasteiger partial charge in [0, 0.05) is 51.3 Å². The predicted molar refractivity (Wildman–Crippen MR) is 121 cm³/mol. The number of carbonyl (C=O) groups excluding carboxylic acids is 2. The summed E-state index contributed by atoms with van der Waals surface area (Å²) in [5, 5.41) is 4.71. The Morgan fingerprint density at radius 3 is 2.56 bits per heavy atom. The number of aromatic nitrogens is 4. The van der Waals surface area contributed by atoms with Crippen molar-refractivity contribution in [2.24, 2.45) is 5.73 Å². The fraction of sp³-hybridized carbons (Fsp3) is 0.571. The molecule has 1 saturated heterocycles. The van der Waals surface area contributed by atoms with Crippen LogP contribution in [0.3, 0.4) is 0 Å². The predicted octanol–water partition coefficient (Wildman–Crippen LogP) is 1.52. The van der Waals surface area contributed by atoms with Crippen molar-refractivity contribution in [1.29, 1.82) is 0 Å². The van der Waals surface area contributed by atoms with Crippen molar-refractivity contribution in [1.82, 2.24) is 24.2 Å². The van der Waals surface area contributed by atoms with Crippen LogP contribution in [0, 0.1) is 4.77 Å². The number of hydrogen-bond donors (Lipinski definition) is 1. The summed E-state index contributed by atoms with van der Waals surface area (Å²) in [6.45, 7) is 6.06. The highest BCUT2D eigenvalue weighted by molar-refractivity contribution is 7.71. The van der Waals surface area contributed by atoms with Crippen molar-refractivity contribution in [3.63, 3.8) is 0 Å². The van der Waals surface area contributed by atoms with Gasteiger partial charge in [0.15, 0.2) is 4.77 Å². The summed E-state index contributed by atoms with van der Waals surface area (Å²) in [7, 11) is 0. The summed E-state index contributed by atoms with van der Waals surface area (Å²) < 4.78 is 9.69. The van der Waals surface area contributed by atoms with Gasteiger partial charge in [-0.05, 0) is 44.1 Å². The molecular weight excluding hydrogens is 430 g/mol. The number of carbonyl (C=O) groups is 2. The van der Waals surface area contributed by atoms with Crippen LogP contribution < -0.4 is 10.6 Å². The highest BCUT2D eigenvalue weighted by Gasteiger charge is 2.29. The van der Waals surface area contributed by atoms with Crippen molar-refractivity contribution >= 4 is 29.9 Å². The molecule has 1 amide bonds. The molecule has 10 nitrogen and oxygen atoms in total. The fourth-order valence-corrected chi connectivity index (χ4v) is 4.23. The maximum atomic E-state index is 11.8. The molecule has 0 bridgehead atoms. The van der Waals surface area contributed by atoms with Crippen LogP contribution in [0.2, 0.25) is 0 Å². The lowest BCUT2D eigenvalue weighted by molar-refractivity contribution is -0.118. The van der Waals surface area contributed by atoms with Gasteiger partial charge in [0.1, 0.15) is 11.6 Å². The topological polar surface area (TPSA) is 112 Å². The quantitative estimate of drug-likeness (QED) is 0.444. The Bertz CT molecular complexity index is 1020. The van der Waals surface area contributed by atoms with Gasteiger partial charge in [-0.1, -0.05) is 0 Å². The maximum Gasteiger partial charge on any atom is 0.339 e. The van der Waals surface area contributed by atoms with Crippen LogP contribution >= 0.6 is 12.2 Å². The highest BCUT2D eigenvalue weighted by atomic mass is 32.1. The Morgan fingerprint density at radius 2 is 1.97 bits per heavy atom. The Hall–Kier alpha value is -2.79. The number of hydrogen-bond acceptors (Lipinski definition) is 8. The van der Waals surface area contributed by atoms with E-state index in [1.165, 1.54) is 0 Å². The lowest BCUT2D eigenvalue weighted by Crippen LogP contribution is -2.47. The molecule has 0 unspecified atom stereocenters. The molecule has 1 aliphatic carbocycles. The molecule has 172 valence electrons. The Morgan fingerprint density at radius 1 is 1.22 bits per heavy atom. The molecule has 2 N–H and O–H groups in total. The number of nitrogens with zero attached hydrogens (tertiary/aromatic N) is 6. The smallest absolute Gasteiger partial charge is 0.339 e. The second-order valence-electron chi connectivity index (χ2n) is 8.14. The zero-order valence-corrected chi connectivity index (χ0v) is 19.1. The maximum absolute atomic E-state index is 11.8. The summed E-state index contributed by atoms with van der Waals surface area (Å²) >= 11 is 5.69. The molecule has 4 rings (SSSR count). The summed E-state index contributed by atoms with van der Waals surface area (Å²) in [4.78, 5) is 32.0. The monoisotopic (exact) mass is 459 g/mol. The number of ether oxygens (including phenoxy) is 1. The van der Waals surface area contributed by atoms with E-state index in [2.05, 4.69) is 19.4 Å². The molecule has 3 heterocycles. The molecule has 0 spiro atoms. The Balaban J connectivity index is 1.36. The summed E-state index contributed by atoms with van der Waals surface area (Å²) in [6, 6.07) is 4.02. The SMILES string of the molecule is CCOC(=O)c1ccc(N2CCN(Cn3nc(CCC(N)=O)n(C4CC4)c3=S)CC2)nc1. The van der Waals surface area contributed by atoms with Crippen molar-refractivity contribution in [3.05, 3.63) is 34.5 Å². The number of pyridine rings is 1. The molecule has 1 aliphatic heterocycles. The molecule has 2 fully saturated rings. The molecule has 32 heavy (non-hydrogen) atoms. The standard InChI is InChI=1S/C21H29N7O3S/c1-2-31-20(30)15-3-7-18(23-13-15)26-11-9-25(10-12-26)14-27-21(32)28(16-4-5-16)19(24-27)8-6-17(22)29/h3,7,13,16H,2,4-6,8-12,14H2,1H3,(H2,22,29). The van der Waals surface area contributed by atoms with E-state index in [0.29, 0.717) is 36.1 Å². The van der Waals surface area contributed by atoms with E-state index in [1.807, 2.05) is 10.7 Å². The number of anilines is 1. The second-order valence-corrected chi connectivity index (χ2v) is 8.50. The van der Waals surface area contributed by atoms with Crippen LogP contribution in [0.5, 0.6) is 0 Å². The number of nitrogens with two attached hydrogens (primary N) is 1. The third kappa shape index (κ3) is 5.16. The van der Waals surface area contributed by atoms with Gasteiger partial charge >= 0.3 is 5.97 Å². The molecule has 2 aromatic heterocycles. The zero-order valence-electron chi connectivity index (χ0n) is 18.3. The van der Waals surface area contributed by atoms with Gasteiger partial charge in [-0.3, -0.25) is 9.69 Å². The average molecular weight is 460 g/mol. The van der Waals surface area contributed by atoms with Gasteiger partial charge < -0.3 is 19.9 Å². The van der Waals surface area contributed by atoms with E-state index in [-0.39, 0.29) is 18.3 Å². The number of amides is 1. The van der Waals surface area contributed by atoms with Gasteiger partial charge in [-0.2, -0.15) is 5.10 Å². The van der Waals surface area contributed by atoms with Crippen molar-refractivity contribution in [2.75, 3.05) is 37.7 Å². The van der Waals surface area contributed by atoms with Crippen LogP contribution in [0.15, 0.2) is 18.3 Å². The number of esters is 1. The number of piperazine rings is 1. The van der Waals surface area contributed by atoms with Crippen molar-refractivity contribution in [2.45, 2.75) is 45.3 Å². The minimum atomic E-state index is -0.353. The van der Waals surface area contributed by atoms with Crippen LogP contribution in [0.4, 0.5) is 5.82 Å².